The predicted molar refractivity (Wildman–Crippen MR) is 101 cm³/mol. The van der Waals surface area contributed by atoms with Crippen molar-refractivity contribution in [3.8, 4) is 0 Å². The molecule has 0 amide bonds. The molecule has 0 unspecified atom stereocenters. The van der Waals surface area contributed by atoms with Gasteiger partial charge in [0, 0.05) is 67.7 Å². The van der Waals surface area contributed by atoms with Crippen molar-refractivity contribution >= 4 is 0 Å². The smallest absolute Gasteiger partial charge is 0.149 e. The Balaban J connectivity index is 0. The van der Waals surface area contributed by atoms with Gasteiger partial charge < -0.3 is 0 Å². The molecule has 7 heteroatoms. The first-order valence-electron chi connectivity index (χ1n) is 8.27. The summed E-state index contributed by atoms with van der Waals surface area (Å²) in [4.78, 5) is 7.57. The van der Waals surface area contributed by atoms with E-state index >= 15 is 0 Å². The molecule has 2 aromatic heterocycles. The van der Waals surface area contributed by atoms with Gasteiger partial charge in [0.25, 0.3) is 0 Å². The summed E-state index contributed by atoms with van der Waals surface area (Å²) in [5.74, 6) is 0.0752. The molecule has 0 aliphatic heterocycles. The second-order valence-corrected chi connectivity index (χ2v) is 4.94. The van der Waals surface area contributed by atoms with Crippen molar-refractivity contribution in [3.63, 3.8) is 0 Å². The van der Waals surface area contributed by atoms with Gasteiger partial charge in [0.2, 0.25) is 0 Å². The summed E-state index contributed by atoms with van der Waals surface area (Å²) in [6, 6.07) is 11.4. The van der Waals surface area contributed by atoms with Gasteiger partial charge in [-0.15, -0.1) is 0 Å². The van der Waals surface area contributed by atoms with Crippen molar-refractivity contribution in [1.82, 2.24) is 20.6 Å². The van der Waals surface area contributed by atoms with Gasteiger partial charge in [0.05, 0.1) is 0 Å². The van der Waals surface area contributed by atoms with Crippen LogP contribution < -0.4 is 10.6 Å². The first-order chi connectivity index (χ1) is 12.6. The average molecular weight is 413 g/mol. The molecule has 2 heterocycles. The van der Waals surface area contributed by atoms with E-state index < -0.39 is 0 Å². The molecule has 0 aromatic carbocycles. The Bertz CT molecular complexity index is 466. The van der Waals surface area contributed by atoms with E-state index in [1.807, 2.05) is 36.4 Å². The van der Waals surface area contributed by atoms with Crippen LogP contribution in [0.2, 0.25) is 0 Å². The molecule has 0 saturated heterocycles. The van der Waals surface area contributed by atoms with Crippen molar-refractivity contribution in [3.05, 3.63) is 84.9 Å². The Hall–Kier alpha value is -2.19. The number of aromatic nitrogens is 2. The van der Waals surface area contributed by atoms with E-state index in [9.17, 15) is 10.2 Å². The van der Waals surface area contributed by atoms with Crippen molar-refractivity contribution in [2.24, 2.45) is 0 Å². The largest absolute Gasteiger partial charge is 0.295 e. The summed E-state index contributed by atoms with van der Waals surface area (Å²) in [5.41, 5.74) is 0. The molecular formula is C20H26CoN4O2. The summed E-state index contributed by atoms with van der Waals surface area (Å²) in [5, 5.41) is 29.1. The number of hydrogen-bond donors (Lipinski definition) is 0. The molecule has 0 fully saturated rings. The first kappa shape index (κ1) is 27.0. The van der Waals surface area contributed by atoms with Gasteiger partial charge in [-0.05, 0) is 50.3 Å². The van der Waals surface area contributed by atoms with Crippen LogP contribution in [-0.4, -0.2) is 36.1 Å². The number of rotatable bonds is 7. The molecule has 0 aliphatic rings. The normalized spacial score (nSPS) is 10.4. The zero-order valence-corrected chi connectivity index (χ0v) is 16.7. The third-order valence-corrected chi connectivity index (χ3v) is 2.56. The topological polar surface area (TPSA) is 93.8 Å². The number of pyridine rings is 2. The van der Waals surface area contributed by atoms with Crippen LogP contribution in [0.1, 0.15) is 13.8 Å². The van der Waals surface area contributed by atoms with Gasteiger partial charge in [-0.1, -0.05) is 12.1 Å². The van der Waals surface area contributed by atoms with Gasteiger partial charge in [0.1, 0.15) is 11.5 Å². The van der Waals surface area contributed by atoms with Crippen LogP contribution in [0.15, 0.2) is 84.9 Å². The average Bonchev–Trinajstić information content (AvgIpc) is 2.67. The number of nitrogens with zero attached hydrogens (tertiary/aromatic N) is 4. The van der Waals surface area contributed by atoms with Crippen LogP contribution in [-0.2, 0) is 27.0 Å². The van der Waals surface area contributed by atoms with E-state index in [2.05, 4.69) is 20.6 Å². The molecule has 2 aromatic rings. The molecule has 0 N–H and O–H groups in total. The predicted octanol–water partition coefficient (Wildman–Crippen LogP) is 3.02. The Morgan fingerprint density at radius 1 is 0.704 bits per heavy atom. The van der Waals surface area contributed by atoms with Crippen LogP contribution in [0, 0.1) is 0 Å². The van der Waals surface area contributed by atoms with Crippen LogP contribution in [0.5, 0.6) is 0 Å². The van der Waals surface area contributed by atoms with Gasteiger partial charge in [0.15, 0.2) is 0 Å². The standard InChI is InChI=1S/C10H16N2O2.2C5H5N.Co/c1-9(13)3-5-11-7-8-12-6-4-10(2)14;2*1-2-4-6-5-3-1;/h3-4H,5-8H2,1-2H3;2*1-5H;/b9-3-,10-4-;;;. The third kappa shape index (κ3) is 26.1. The number of allylic oxidation sites excluding steroid dienone is 2. The minimum Gasteiger partial charge on any atom is -0.295 e. The molecule has 5 radical (unpaired) electrons. The van der Waals surface area contributed by atoms with E-state index in [0.717, 1.165) is 0 Å². The fraction of sp³-hybridized carbons (Fsp3) is 0.300. The van der Waals surface area contributed by atoms with Crippen LogP contribution in [0.4, 0.5) is 0 Å². The van der Waals surface area contributed by atoms with E-state index in [1.165, 1.54) is 26.0 Å². The first-order valence-corrected chi connectivity index (χ1v) is 8.27. The Morgan fingerprint density at radius 3 is 1.22 bits per heavy atom. The zero-order chi connectivity index (χ0) is 19.3. The molecule has 27 heavy (non-hydrogen) atoms. The van der Waals surface area contributed by atoms with Crippen molar-refractivity contribution in [1.29, 1.82) is 0 Å². The fourth-order valence-electron chi connectivity index (χ4n) is 1.34. The molecule has 0 aliphatic carbocycles. The maximum absolute atomic E-state index is 10.5. The minimum absolute atomic E-state index is 0. The van der Waals surface area contributed by atoms with E-state index in [1.54, 1.807) is 24.8 Å². The molecule has 0 atom stereocenters. The summed E-state index contributed by atoms with van der Waals surface area (Å²) in [6.45, 7) is 5.14. The Kier molecular flexibility index (Phi) is 21.9. The number of hydrogen-bond acceptors (Lipinski definition) is 2. The molecular weight excluding hydrogens is 387 g/mol. The monoisotopic (exact) mass is 413 g/mol. The van der Waals surface area contributed by atoms with Crippen molar-refractivity contribution < 1.29 is 27.0 Å². The van der Waals surface area contributed by atoms with Gasteiger partial charge in [-0.3, -0.25) is 20.2 Å². The second kappa shape index (κ2) is 21.8. The van der Waals surface area contributed by atoms with Gasteiger partial charge in [-0.25, -0.2) is 10.6 Å². The minimum atomic E-state index is 0. The quantitative estimate of drug-likeness (QED) is 0.515. The SMILES string of the molecule is C/C([O])=C/C[N]CC[N]C/C=C(/C)[O].[Co].c1ccncc1.c1ccncc1. The van der Waals surface area contributed by atoms with E-state index in [4.69, 9.17) is 0 Å². The van der Waals surface area contributed by atoms with E-state index in [0.29, 0.717) is 26.2 Å². The molecule has 0 spiro atoms. The summed E-state index contributed by atoms with van der Waals surface area (Å²) >= 11 is 0. The zero-order valence-electron chi connectivity index (χ0n) is 15.7. The van der Waals surface area contributed by atoms with Crippen LogP contribution >= 0.6 is 0 Å². The molecule has 147 valence electrons. The van der Waals surface area contributed by atoms with Crippen molar-refractivity contribution in [2.45, 2.75) is 13.8 Å². The Labute approximate surface area is 172 Å². The van der Waals surface area contributed by atoms with Gasteiger partial charge in [-0.2, -0.15) is 0 Å². The molecule has 2 rings (SSSR count). The van der Waals surface area contributed by atoms with Crippen LogP contribution in [0.25, 0.3) is 0 Å². The summed E-state index contributed by atoms with van der Waals surface area (Å²) in [7, 11) is 0. The third-order valence-electron chi connectivity index (χ3n) is 2.56. The van der Waals surface area contributed by atoms with Crippen LogP contribution in [0.3, 0.4) is 0 Å². The Morgan fingerprint density at radius 2 is 1.04 bits per heavy atom. The maximum Gasteiger partial charge on any atom is 0.149 e. The summed E-state index contributed by atoms with van der Waals surface area (Å²) in [6.07, 6.45) is 10.1. The molecule has 0 bridgehead atoms. The van der Waals surface area contributed by atoms with Crippen molar-refractivity contribution in [2.75, 3.05) is 26.2 Å². The van der Waals surface area contributed by atoms with Gasteiger partial charge >= 0.3 is 0 Å². The molecule has 0 saturated carbocycles. The summed E-state index contributed by atoms with van der Waals surface area (Å²) < 4.78 is 0. The maximum atomic E-state index is 10.5. The molecule has 6 nitrogen and oxygen atoms in total. The fourth-order valence-corrected chi connectivity index (χ4v) is 1.34. The second-order valence-electron chi connectivity index (χ2n) is 4.94. The van der Waals surface area contributed by atoms with E-state index in [-0.39, 0.29) is 28.3 Å².